The van der Waals surface area contributed by atoms with E-state index in [9.17, 15) is 9.90 Å². The van der Waals surface area contributed by atoms with E-state index < -0.39 is 0 Å². The SMILES string of the molecule is CNC1CCC(C(=O)NCc2cc(-c3ccncc3)ccc2O)CC1.Cl.Cl. The molecule has 0 radical (unpaired) electrons. The van der Waals surface area contributed by atoms with Gasteiger partial charge in [-0.15, -0.1) is 24.8 Å². The van der Waals surface area contributed by atoms with Crippen LogP contribution < -0.4 is 10.6 Å². The van der Waals surface area contributed by atoms with Crippen molar-refractivity contribution >= 4 is 30.7 Å². The highest BCUT2D eigenvalue weighted by Gasteiger charge is 2.25. The summed E-state index contributed by atoms with van der Waals surface area (Å²) in [6.07, 6.45) is 7.39. The Bertz CT molecular complexity index is 720. The number of phenolic OH excluding ortho intramolecular Hbond substituents is 1. The fourth-order valence-electron chi connectivity index (χ4n) is 3.42. The molecule has 0 bridgehead atoms. The lowest BCUT2D eigenvalue weighted by Gasteiger charge is -2.27. The monoisotopic (exact) mass is 411 g/mol. The third-order valence-electron chi connectivity index (χ3n) is 5.05. The Labute approximate surface area is 172 Å². The average molecular weight is 412 g/mol. The van der Waals surface area contributed by atoms with Gasteiger partial charge in [0.25, 0.3) is 0 Å². The van der Waals surface area contributed by atoms with Gasteiger partial charge < -0.3 is 15.7 Å². The first-order valence-corrected chi connectivity index (χ1v) is 8.84. The number of nitrogens with zero attached hydrogens (tertiary/aromatic N) is 1. The van der Waals surface area contributed by atoms with Gasteiger partial charge >= 0.3 is 0 Å². The molecule has 1 aromatic heterocycles. The second-order valence-corrected chi connectivity index (χ2v) is 6.63. The van der Waals surface area contributed by atoms with E-state index in [1.165, 1.54) is 0 Å². The van der Waals surface area contributed by atoms with E-state index in [0.29, 0.717) is 12.6 Å². The second-order valence-electron chi connectivity index (χ2n) is 6.63. The van der Waals surface area contributed by atoms with Crippen LogP contribution in [0.5, 0.6) is 5.75 Å². The Hall–Kier alpha value is -1.82. The summed E-state index contributed by atoms with van der Waals surface area (Å²) in [5, 5.41) is 16.4. The quantitative estimate of drug-likeness (QED) is 0.700. The van der Waals surface area contributed by atoms with Crippen LogP contribution in [0.25, 0.3) is 11.1 Å². The van der Waals surface area contributed by atoms with Crippen molar-refractivity contribution in [2.24, 2.45) is 5.92 Å². The molecule has 0 saturated heterocycles. The fourth-order valence-corrected chi connectivity index (χ4v) is 3.42. The van der Waals surface area contributed by atoms with Gasteiger partial charge in [-0.2, -0.15) is 0 Å². The fraction of sp³-hybridized carbons (Fsp3) is 0.400. The van der Waals surface area contributed by atoms with Crippen molar-refractivity contribution in [3.63, 3.8) is 0 Å². The first-order chi connectivity index (χ1) is 12.2. The van der Waals surface area contributed by atoms with Crippen LogP contribution in [0.4, 0.5) is 0 Å². The predicted molar refractivity (Wildman–Crippen MR) is 112 cm³/mol. The standard InChI is InChI=1S/C20H25N3O2.2ClH/c1-21-18-5-2-15(3-6-18)20(25)23-13-17-12-16(4-7-19(17)24)14-8-10-22-11-9-14;;/h4,7-12,15,18,21,24H,2-3,5-6,13H2,1H3,(H,23,25);2*1H. The zero-order chi connectivity index (χ0) is 17.6. The first kappa shape index (κ1) is 23.2. The molecule has 27 heavy (non-hydrogen) atoms. The van der Waals surface area contributed by atoms with Gasteiger partial charge in [0.05, 0.1) is 0 Å². The number of nitrogens with one attached hydrogen (secondary N) is 2. The summed E-state index contributed by atoms with van der Waals surface area (Å²) in [6.45, 7) is 0.343. The molecular weight excluding hydrogens is 385 g/mol. The van der Waals surface area contributed by atoms with Crippen LogP contribution in [0.15, 0.2) is 42.7 Å². The van der Waals surface area contributed by atoms with Gasteiger partial charge in [-0.3, -0.25) is 9.78 Å². The van der Waals surface area contributed by atoms with Crippen LogP contribution >= 0.6 is 24.8 Å². The summed E-state index contributed by atoms with van der Waals surface area (Å²) in [7, 11) is 1.98. The number of carbonyl (C=O) groups excluding carboxylic acids is 1. The van der Waals surface area contributed by atoms with E-state index in [1.54, 1.807) is 18.5 Å². The molecule has 0 spiro atoms. The van der Waals surface area contributed by atoms with Crippen LogP contribution in [0, 0.1) is 5.92 Å². The maximum atomic E-state index is 12.4. The summed E-state index contributed by atoms with van der Waals surface area (Å²) in [6, 6.07) is 9.85. The normalized spacial score (nSPS) is 18.7. The molecule has 3 rings (SSSR count). The molecule has 0 unspecified atom stereocenters. The van der Waals surface area contributed by atoms with Gasteiger partial charge in [-0.05, 0) is 68.1 Å². The van der Waals surface area contributed by atoms with Gasteiger partial charge in [-0.25, -0.2) is 0 Å². The largest absolute Gasteiger partial charge is 0.508 e. The van der Waals surface area contributed by atoms with Gasteiger partial charge in [-0.1, -0.05) is 6.07 Å². The Kier molecular flexibility index (Phi) is 9.56. The number of amides is 1. The average Bonchev–Trinajstić information content (AvgIpc) is 2.68. The maximum Gasteiger partial charge on any atom is 0.223 e. The summed E-state index contributed by atoms with van der Waals surface area (Å²) in [5.74, 6) is 0.371. The molecule has 1 amide bonds. The molecule has 3 N–H and O–H groups in total. The van der Waals surface area contributed by atoms with Crippen molar-refractivity contribution < 1.29 is 9.90 Å². The highest BCUT2D eigenvalue weighted by molar-refractivity contribution is 5.85. The van der Waals surface area contributed by atoms with Gasteiger partial charge in [0.1, 0.15) is 5.75 Å². The Morgan fingerprint density at radius 2 is 1.74 bits per heavy atom. The van der Waals surface area contributed by atoms with Crippen molar-refractivity contribution in [3.8, 4) is 16.9 Å². The van der Waals surface area contributed by atoms with Crippen LogP contribution in [0.1, 0.15) is 31.2 Å². The first-order valence-electron chi connectivity index (χ1n) is 8.84. The lowest BCUT2D eigenvalue weighted by molar-refractivity contribution is -0.126. The van der Waals surface area contributed by atoms with Crippen molar-refractivity contribution in [2.45, 2.75) is 38.3 Å². The summed E-state index contributed by atoms with van der Waals surface area (Å²) in [5.41, 5.74) is 2.76. The minimum atomic E-state index is 0. The van der Waals surface area contributed by atoms with E-state index in [1.807, 2.05) is 31.3 Å². The van der Waals surface area contributed by atoms with Crippen LogP contribution in [-0.2, 0) is 11.3 Å². The third-order valence-corrected chi connectivity index (χ3v) is 5.05. The minimum absolute atomic E-state index is 0. The highest BCUT2D eigenvalue weighted by atomic mass is 35.5. The topological polar surface area (TPSA) is 74.2 Å². The second kappa shape index (κ2) is 11.1. The summed E-state index contributed by atoms with van der Waals surface area (Å²) in [4.78, 5) is 16.4. The third kappa shape index (κ3) is 6.09. The van der Waals surface area contributed by atoms with E-state index in [2.05, 4.69) is 15.6 Å². The van der Waals surface area contributed by atoms with Crippen molar-refractivity contribution in [1.29, 1.82) is 0 Å². The molecule has 1 fully saturated rings. The molecule has 1 heterocycles. The smallest absolute Gasteiger partial charge is 0.223 e. The van der Waals surface area contributed by atoms with Crippen LogP contribution in [-0.4, -0.2) is 29.1 Å². The lowest BCUT2D eigenvalue weighted by atomic mass is 9.85. The maximum absolute atomic E-state index is 12.4. The highest BCUT2D eigenvalue weighted by Crippen LogP contribution is 2.27. The zero-order valence-corrected chi connectivity index (χ0v) is 17.0. The molecule has 0 aliphatic heterocycles. The molecule has 148 valence electrons. The number of rotatable bonds is 5. The molecule has 1 aromatic carbocycles. The van der Waals surface area contributed by atoms with Crippen molar-refractivity contribution in [2.75, 3.05) is 7.05 Å². The number of hydrogen-bond donors (Lipinski definition) is 3. The van der Waals surface area contributed by atoms with E-state index in [-0.39, 0.29) is 42.4 Å². The Morgan fingerprint density at radius 3 is 2.37 bits per heavy atom. The molecule has 2 aromatic rings. The van der Waals surface area contributed by atoms with E-state index in [4.69, 9.17) is 0 Å². The molecule has 1 aliphatic rings. The predicted octanol–water partition coefficient (Wildman–Crippen LogP) is 3.69. The number of carbonyl (C=O) groups is 1. The zero-order valence-electron chi connectivity index (χ0n) is 15.4. The van der Waals surface area contributed by atoms with Crippen LogP contribution in [0.3, 0.4) is 0 Å². The van der Waals surface area contributed by atoms with E-state index >= 15 is 0 Å². The number of aromatic nitrogens is 1. The summed E-state index contributed by atoms with van der Waals surface area (Å²) >= 11 is 0. The number of benzene rings is 1. The minimum Gasteiger partial charge on any atom is -0.508 e. The molecule has 1 saturated carbocycles. The molecule has 1 aliphatic carbocycles. The molecule has 0 atom stereocenters. The Balaban J connectivity index is 0.00000182. The summed E-state index contributed by atoms with van der Waals surface area (Å²) < 4.78 is 0. The number of phenols is 1. The van der Waals surface area contributed by atoms with Crippen LogP contribution in [0.2, 0.25) is 0 Å². The number of halogens is 2. The van der Waals surface area contributed by atoms with Gasteiger partial charge in [0.2, 0.25) is 5.91 Å². The van der Waals surface area contributed by atoms with Gasteiger partial charge in [0.15, 0.2) is 0 Å². The van der Waals surface area contributed by atoms with Crippen molar-refractivity contribution in [1.82, 2.24) is 15.6 Å². The lowest BCUT2D eigenvalue weighted by Crippen LogP contribution is -2.37. The number of hydrogen-bond acceptors (Lipinski definition) is 4. The Morgan fingerprint density at radius 1 is 1.07 bits per heavy atom. The molecular formula is C20H27Cl2N3O2. The number of aromatic hydroxyl groups is 1. The molecule has 7 heteroatoms. The van der Waals surface area contributed by atoms with E-state index in [0.717, 1.165) is 42.4 Å². The van der Waals surface area contributed by atoms with Gasteiger partial charge in [0, 0.05) is 36.5 Å². The van der Waals surface area contributed by atoms with Crippen molar-refractivity contribution in [3.05, 3.63) is 48.3 Å². The molecule has 5 nitrogen and oxygen atoms in total. The number of pyridine rings is 1.